The number of nitrogens with zero attached hydrogens (tertiary/aromatic N) is 1. The summed E-state index contributed by atoms with van der Waals surface area (Å²) in [5.41, 5.74) is 2.49. The second-order valence-corrected chi connectivity index (χ2v) is 7.33. The van der Waals surface area contributed by atoms with Crippen molar-refractivity contribution in [2.24, 2.45) is 0 Å². The molecule has 0 saturated heterocycles. The molecule has 0 bridgehead atoms. The van der Waals surface area contributed by atoms with E-state index >= 15 is 0 Å². The summed E-state index contributed by atoms with van der Waals surface area (Å²) in [7, 11) is 0. The van der Waals surface area contributed by atoms with Crippen LogP contribution in [0, 0.1) is 5.82 Å². The number of hydrogen-bond donors (Lipinski definition) is 2. The number of aryl methyl sites for hydroxylation is 1. The molecule has 0 aliphatic heterocycles. The summed E-state index contributed by atoms with van der Waals surface area (Å²) >= 11 is 0. The molecule has 1 amide bonds. The van der Waals surface area contributed by atoms with Crippen molar-refractivity contribution in [1.82, 2.24) is 4.90 Å². The number of amides is 1. The minimum atomic E-state index is -0.773. The van der Waals surface area contributed by atoms with Gasteiger partial charge >= 0.3 is 0 Å². The molecule has 1 atom stereocenters. The molecule has 3 rings (SSSR count). The summed E-state index contributed by atoms with van der Waals surface area (Å²) in [5.74, 6) is -1.10. The number of carbonyl (C=O) groups is 1. The Morgan fingerprint density at radius 1 is 0.933 bits per heavy atom. The maximum Gasteiger partial charge on any atom is 0.222 e. The second kappa shape index (κ2) is 10.6. The zero-order chi connectivity index (χ0) is 21.3. The number of benzene rings is 3. The highest BCUT2D eigenvalue weighted by Gasteiger charge is 2.19. The van der Waals surface area contributed by atoms with E-state index in [4.69, 9.17) is 0 Å². The molecule has 0 fully saturated rings. The summed E-state index contributed by atoms with van der Waals surface area (Å²) in [5, 5.41) is 19.9. The first kappa shape index (κ1) is 21.5. The minimum absolute atomic E-state index is 0.0620. The maximum absolute atomic E-state index is 13.5. The molecular weight excluding hydrogens is 381 g/mol. The topological polar surface area (TPSA) is 60.8 Å². The SMILES string of the molecule is O=C(CCCc1ccc(O)c(F)c1)N(Cc1ccccc1)CC(O)c1ccccc1. The Kier molecular flexibility index (Phi) is 7.57. The third-order valence-corrected chi connectivity index (χ3v) is 5.01. The van der Waals surface area contributed by atoms with Crippen LogP contribution in [0.3, 0.4) is 0 Å². The number of carbonyl (C=O) groups excluding carboxylic acids is 1. The van der Waals surface area contributed by atoms with Gasteiger partial charge in [-0.05, 0) is 41.7 Å². The highest BCUT2D eigenvalue weighted by atomic mass is 19.1. The Labute approximate surface area is 176 Å². The van der Waals surface area contributed by atoms with Crippen molar-refractivity contribution in [2.45, 2.75) is 31.9 Å². The summed E-state index contributed by atoms with van der Waals surface area (Å²) in [6.45, 7) is 0.614. The lowest BCUT2D eigenvalue weighted by atomic mass is 10.1. The van der Waals surface area contributed by atoms with Gasteiger partial charge in [0.05, 0.1) is 12.6 Å². The number of halogens is 1. The molecule has 0 aliphatic rings. The van der Waals surface area contributed by atoms with Gasteiger partial charge in [-0.2, -0.15) is 0 Å². The number of phenolic OH excluding ortho intramolecular Hbond substituents is 1. The molecule has 5 heteroatoms. The first-order chi connectivity index (χ1) is 14.5. The van der Waals surface area contributed by atoms with E-state index in [1.807, 2.05) is 60.7 Å². The highest BCUT2D eigenvalue weighted by Crippen LogP contribution is 2.19. The first-order valence-electron chi connectivity index (χ1n) is 10.0. The fourth-order valence-electron chi connectivity index (χ4n) is 3.36. The van der Waals surface area contributed by atoms with Crippen molar-refractivity contribution < 1.29 is 19.4 Å². The third-order valence-electron chi connectivity index (χ3n) is 5.01. The van der Waals surface area contributed by atoms with Crippen LogP contribution < -0.4 is 0 Å². The Hall–Kier alpha value is -3.18. The van der Waals surface area contributed by atoms with Crippen molar-refractivity contribution in [3.05, 3.63) is 101 Å². The van der Waals surface area contributed by atoms with E-state index in [1.165, 1.54) is 12.1 Å². The summed E-state index contributed by atoms with van der Waals surface area (Å²) in [6.07, 6.45) is 0.598. The van der Waals surface area contributed by atoms with E-state index < -0.39 is 11.9 Å². The Morgan fingerprint density at radius 2 is 1.60 bits per heavy atom. The molecule has 3 aromatic carbocycles. The van der Waals surface area contributed by atoms with Gasteiger partial charge in [0.2, 0.25) is 5.91 Å². The van der Waals surface area contributed by atoms with Gasteiger partial charge in [0, 0.05) is 13.0 Å². The minimum Gasteiger partial charge on any atom is -0.505 e. The Bertz CT molecular complexity index is 947. The van der Waals surface area contributed by atoms with Crippen LogP contribution in [0.1, 0.15) is 35.6 Å². The predicted octanol–water partition coefficient (Wildman–Crippen LogP) is 4.62. The van der Waals surface area contributed by atoms with Crippen LogP contribution in [0.4, 0.5) is 4.39 Å². The molecule has 4 nitrogen and oxygen atoms in total. The van der Waals surface area contributed by atoms with Crippen LogP contribution in [0.2, 0.25) is 0 Å². The summed E-state index contributed by atoms with van der Waals surface area (Å²) in [6, 6.07) is 23.2. The standard InChI is InChI=1S/C25H26FNO3/c26-22-16-19(14-15-23(22)28)10-7-13-25(30)27(17-20-8-3-1-4-9-20)18-24(29)21-11-5-2-6-12-21/h1-6,8-9,11-12,14-16,24,28-29H,7,10,13,17-18H2. The van der Waals surface area contributed by atoms with Crippen molar-refractivity contribution in [3.8, 4) is 5.75 Å². The fraction of sp³-hybridized carbons (Fsp3) is 0.240. The predicted molar refractivity (Wildman–Crippen MR) is 114 cm³/mol. The number of aliphatic hydroxyl groups is 1. The van der Waals surface area contributed by atoms with Gasteiger partial charge < -0.3 is 15.1 Å². The van der Waals surface area contributed by atoms with E-state index in [-0.39, 0.29) is 24.6 Å². The summed E-state index contributed by atoms with van der Waals surface area (Å²) in [4.78, 5) is 14.6. The van der Waals surface area contributed by atoms with Crippen molar-refractivity contribution >= 4 is 5.91 Å². The van der Waals surface area contributed by atoms with Gasteiger partial charge in [0.15, 0.2) is 11.6 Å². The van der Waals surface area contributed by atoms with E-state index in [2.05, 4.69) is 0 Å². The number of rotatable bonds is 9. The second-order valence-electron chi connectivity index (χ2n) is 7.33. The summed E-state index contributed by atoms with van der Waals surface area (Å²) < 4.78 is 13.5. The van der Waals surface area contributed by atoms with E-state index in [1.54, 1.807) is 11.0 Å². The quantitative estimate of drug-likeness (QED) is 0.544. The number of phenols is 1. The molecule has 0 aliphatic carbocycles. The van der Waals surface area contributed by atoms with Crippen LogP contribution >= 0.6 is 0 Å². The van der Waals surface area contributed by atoms with Crippen molar-refractivity contribution in [1.29, 1.82) is 0 Å². The molecule has 0 saturated carbocycles. The largest absolute Gasteiger partial charge is 0.505 e. The zero-order valence-electron chi connectivity index (χ0n) is 16.7. The monoisotopic (exact) mass is 407 g/mol. The molecule has 30 heavy (non-hydrogen) atoms. The van der Waals surface area contributed by atoms with Gasteiger partial charge in [-0.3, -0.25) is 4.79 Å². The smallest absolute Gasteiger partial charge is 0.222 e. The normalized spacial score (nSPS) is 11.8. The average molecular weight is 407 g/mol. The zero-order valence-corrected chi connectivity index (χ0v) is 16.7. The molecule has 2 N–H and O–H groups in total. The average Bonchev–Trinajstić information content (AvgIpc) is 2.77. The van der Waals surface area contributed by atoms with Crippen LogP contribution in [-0.4, -0.2) is 27.6 Å². The Balaban J connectivity index is 1.63. The van der Waals surface area contributed by atoms with Gasteiger partial charge in [-0.25, -0.2) is 4.39 Å². The third kappa shape index (κ3) is 6.16. The van der Waals surface area contributed by atoms with Crippen molar-refractivity contribution in [2.75, 3.05) is 6.54 Å². The van der Waals surface area contributed by atoms with E-state index in [9.17, 15) is 19.4 Å². The van der Waals surface area contributed by atoms with Gasteiger partial charge in [0.1, 0.15) is 0 Å². The van der Waals surface area contributed by atoms with Gasteiger partial charge in [-0.1, -0.05) is 66.7 Å². The van der Waals surface area contributed by atoms with Crippen LogP contribution in [-0.2, 0) is 17.8 Å². The molecule has 0 heterocycles. The molecular formula is C25H26FNO3. The fourth-order valence-corrected chi connectivity index (χ4v) is 3.36. The van der Waals surface area contributed by atoms with Gasteiger partial charge in [0.25, 0.3) is 0 Å². The van der Waals surface area contributed by atoms with Crippen LogP contribution in [0.5, 0.6) is 5.75 Å². The molecule has 1 unspecified atom stereocenters. The molecule has 156 valence electrons. The lowest BCUT2D eigenvalue weighted by Crippen LogP contribution is -2.34. The highest BCUT2D eigenvalue weighted by molar-refractivity contribution is 5.76. The van der Waals surface area contributed by atoms with E-state index in [0.29, 0.717) is 19.4 Å². The lowest BCUT2D eigenvalue weighted by molar-refractivity contribution is -0.133. The maximum atomic E-state index is 13.5. The van der Waals surface area contributed by atoms with Crippen molar-refractivity contribution in [3.63, 3.8) is 0 Å². The molecule has 0 spiro atoms. The molecule has 3 aromatic rings. The molecule has 0 radical (unpaired) electrons. The first-order valence-corrected chi connectivity index (χ1v) is 10.0. The molecule has 0 aromatic heterocycles. The lowest BCUT2D eigenvalue weighted by Gasteiger charge is -2.26. The number of aromatic hydroxyl groups is 1. The van der Waals surface area contributed by atoms with E-state index in [0.717, 1.165) is 16.7 Å². The number of hydrogen-bond acceptors (Lipinski definition) is 3. The van der Waals surface area contributed by atoms with Crippen LogP contribution in [0.15, 0.2) is 78.9 Å². The Morgan fingerprint density at radius 3 is 2.27 bits per heavy atom. The van der Waals surface area contributed by atoms with Crippen LogP contribution in [0.25, 0.3) is 0 Å². The van der Waals surface area contributed by atoms with Gasteiger partial charge in [-0.15, -0.1) is 0 Å². The number of aliphatic hydroxyl groups excluding tert-OH is 1.